The predicted octanol–water partition coefficient (Wildman–Crippen LogP) is 0.803. The molecule has 0 radical (unpaired) electrons. The van der Waals surface area contributed by atoms with Crippen LogP contribution in [0.15, 0.2) is 24.5 Å². The van der Waals surface area contributed by atoms with Crippen molar-refractivity contribution in [2.24, 2.45) is 0 Å². The summed E-state index contributed by atoms with van der Waals surface area (Å²) in [5.41, 5.74) is 1.19. The predicted molar refractivity (Wildman–Crippen MR) is 43.1 cm³/mol. The van der Waals surface area contributed by atoms with E-state index in [4.69, 9.17) is 4.74 Å². The van der Waals surface area contributed by atoms with Crippen LogP contribution in [-0.4, -0.2) is 5.97 Å². The first-order chi connectivity index (χ1) is 5.68. The lowest BCUT2D eigenvalue weighted by molar-refractivity contribution is -0.727. The van der Waals surface area contributed by atoms with Gasteiger partial charge in [-0.2, -0.15) is 4.57 Å². The Labute approximate surface area is 71.6 Å². The van der Waals surface area contributed by atoms with E-state index in [9.17, 15) is 4.79 Å². The SMILES string of the molecule is CC(=O)OC[n+]1ccc(C)cc1. The van der Waals surface area contributed by atoms with Crippen molar-refractivity contribution >= 4 is 5.97 Å². The lowest BCUT2D eigenvalue weighted by Crippen LogP contribution is -2.34. The molecular formula is C9H12NO2+. The molecular weight excluding hydrogens is 154 g/mol. The van der Waals surface area contributed by atoms with E-state index in [-0.39, 0.29) is 12.7 Å². The second kappa shape index (κ2) is 3.85. The van der Waals surface area contributed by atoms with Gasteiger partial charge in [-0.15, -0.1) is 0 Å². The molecule has 64 valence electrons. The van der Waals surface area contributed by atoms with Crippen LogP contribution in [0.25, 0.3) is 0 Å². The lowest BCUT2D eigenvalue weighted by Gasteiger charge is -1.96. The van der Waals surface area contributed by atoms with Crippen molar-refractivity contribution in [2.75, 3.05) is 0 Å². The van der Waals surface area contributed by atoms with Gasteiger partial charge < -0.3 is 4.74 Å². The maximum atomic E-state index is 10.4. The van der Waals surface area contributed by atoms with Crippen LogP contribution in [0.1, 0.15) is 12.5 Å². The number of hydrogen-bond acceptors (Lipinski definition) is 2. The van der Waals surface area contributed by atoms with E-state index in [0.29, 0.717) is 0 Å². The van der Waals surface area contributed by atoms with Crippen LogP contribution in [-0.2, 0) is 16.3 Å². The molecule has 0 bridgehead atoms. The molecule has 1 aromatic rings. The summed E-state index contributed by atoms with van der Waals surface area (Å²) in [5.74, 6) is -0.261. The van der Waals surface area contributed by atoms with Crippen LogP contribution in [0.4, 0.5) is 0 Å². The molecule has 1 aromatic heterocycles. The first kappa shape index (κ1) is 8.71. The average molecular weight is 166 g/mol. The molecule has 0 fully saturated rings. The minimum Gasteiger partial charge on any atom is -0.405 e. The summed E-state index contributed by atoms with van der Waals surface area (Å²) in [6, 6.07) is 3.92. The van der Waals surface area contributed by atoms with Crippen molar-refractivity contribution in [3.05, 3.63) is 30.1 Å². The Balaban J connectivity index is 2.53. The van der Waals surface area contributed by atoms with Gasteiger partial charge in [0.05, 0.1) is 0 Å². The Morgan fingerprint density at radius 1 is 1.50 bits per heavy atom. The second-order valence-corrected chi connectivity index (χ2v) is 2.65. The van der Waals surface area contributed by atoms with Crippen LogP contribution in [0.2, 0.25) is 0 Å². The fourth-order valence-electron chi connectivity index (χ4n) is 0.783. The van der Waals surface area contributed by atoms with Crippen LogP contribution >= 0.6 is 0 Å². The fourth-order valence-corrected chi connectivity index (χ4v) is 0.783. The summed E-state index contributed by atoms with van der Waals surface area (Å²) in [6.45, 7) is 3.69. The zero-order valence-electron chi connectivity index (χ0n) is 7.28. The van der Waals surface area contributed by atoms with Crippen molar-refractivity contribution in [3.8, 4) is 0 Å². The maximum Gasteiger partial charge on any atom is 0.307 e. The number of pyridine rings is 1. The van der Waals surface area contributed by atoms with E-state index < -0.39 is 0 Å². The van der Waals surface area contributed by atoms with E-state index in [1.165, 1.54) is 12.5 Å². The van der Waals surface area contributed by atoms with Gasteiger partial charge >= 0.3 is 5.97 Å². The zero-order chi connectivity index (χ0) is 8.97. The molecule has 0 aliphatic heterocycles. The molecule has 3 heteroatoms. The normalized spacial score (nSPS) is 9.50. The third kappa shape index (κ3) is 2.70. The Bertz CT molecular complexity index is 266. The lowest BCUT2D eigenvalue weighted by atomic mass is 10.3. The molecule has 0 atom stereocenters. The quantitative estimate of drug-likeness (QED) is 0.480. The topological polar surface area (TPSA) is 30.2 Å². The summed E-state index contributed by atoms with van der Waals surface area (Å²) in [7, 11) is 0. The first-order valence-corrected chi connectivity index (χ1v) is 3.77. The highest BCUT2D eigenvalue weighted by Gasteiger charge is 1.99. The van der Waals surface area contributed by atoms with E-state index in [1.807, 2.05) is 31.5 Å². The smallest absolute Gasteiger partial charge is 0.307 e. The first-order valence-electron chi connectivity index (χ1n) is 3.77. The third-order valence-corrected chi connectivity index (χ3v) is 1.47. The van der Waals surface area contributed by atoms with Gasteiger partial charge in [-0.05, 0) is 12.5 Å². The van der Waals surface area contributed by atoms with Crippen LogP contribution in [0.5, 0.6) is 0 Å². The molecule has 0 unspecified atom stereocenters. The van der Waals surface area contributed by atoms with Crippen LogP contribution < -0.4 is 4.57 Å². The molecule has 12 heavy (non-hydrogen) atoms. The summed E-state index contributed by atoms with van der Waals surface area (Å²) >= 11 is 0. The molecule has 0 spiro atoms. The number of ether oxygens (including phenoxy) is 1. The van der Waals surface area contributed by atoms with Gasteiger partial charge in [-0.1, -0.05) is 0 Å². The summed E-state index contributed by atoms with van der Waals surface area (Å²) in [4.78, 5) is 10.4. The molecule has 0 saturated heterocycles. The number of nitrogens with zero attached hydrogens (tertiary/aromatic N) is 1. The molecule has 0 N–H and O–H groups in total. The number of aryl methyl sites for hydroxylation is 1. The molecule has 0 aliphatic rings. The molecule has 0 aliphatic carbocycles. The highest BCUT2D eigenvalue weighted by molar-refractivity contribution is 5.65. The maximum absolute atomic E-state index is 10.4. The molecule has 3 nitrogen and oxygen atoms in total. The zero-order valence-corrected chi connectivity index (χ0v) is 7.28. The van der Waals surface area contributed by atoms with Gasteiger partial charge in [-0.3, -0.25) is 4.79 Å². The van der Waals surface area contributed by atoms with Gasteiger partial charge in [0.15, 0.2) is 12.4 Å². The summed E-state index contributed by atoms with van der Waals surface area (Å²) in [6.07, 6.45) is 3.75. The van der Waals surface area contributed by atoms with E-state index >= 15 is 0 Å². The molecule has 0 amide bonds. The Hall–Kier alpha value is -1.38. The van der Waals surface area contributed by atoms with Crippen molar-refractivity contribution in [1.29, 1.82) is 0 Å². The number of aromatic nitrogens is 1. The van der Waals surface area contributed by atoms with E-state index in [2.05, 4.69) is 0 Å². The van der Waals surface area contributed by atoms with Gasteiger partial charge in [0, 0.05) is 19.1 Å². The van der Waals surface area contributed by atoms with Crippen molar-refractivity contribution in [3.63, 3.8) is 0 Å². The summed E-state index contributed by atoms with van der Waals surface area (Å²) in [5, 5.41) is 0. The Morgan fingerprint density at radius 3 is 2.58 bits per heavy atom. The number of carbonyl (C=O) groups is 1. The Kier molecular flexibility index (Phi) is 2.80. The monoisotopic (exact) mass is 166 g/mol. The highest BCUT2D eigenvalue weighted by Crippen LogP contribution is 1.89. The minimum absolute atomic E-state index is 0.261. The molecule has 1 heterocycles. The standard InChI is InChI=1S/C9H12NO2/c1-8-3-5-10(6-4-8)7-12-9(2)11/h3-6H,7H2,1-2H3/q+1. The van der Waals surface area contributed by atoms with E-state index in [0.717, 1.165) is 0 Å². The van der Waals surface area contributed by atoms with Gasteiger partial charge in [0.2, 0.25) is 0 Å². The number of carbonyl (C=O) groups excluding carboxylic acids is 1. The minimum atomic E-state index is -0.261. The van der Waals surface area contributed by atoms with Crippen LogP contribution in [0.3, 0.4) is 0 Å². The second-order valence-electron chi connectivity index (χ2n) is 2.65. The van der Waals surface area contributed by atoms with Gasteiger partial charge in [-0.25, -0.2) is 0 Å². The number of hydrogen-bond donors (Lipinski definition) is 0. The largest absolute Gasteiger partial charge is 0.405 e. The number of rotatable bonds is 2. The van der Waals surface area contributed by atoms with Crippen LogP contribution in [0, 0.1) is 6.92 Å². The fraction of sp³-hybridized carbons (Fsp3) is 0.333. The van der Waals surface area contributed by atoms with Crippen molar-refractivity contribution in [2.45, 2.75) is 20.6 Å². The van der Waals surface area contributed by atoms with Gasteiger partial charge in [0.1, 0.15) is 0 Å². The van der Waals surface area contributed by atoms with Gasteiger partial charge in [0.25, 0.3) is 6.73 Å². The third-order valence-electron chi connectivity index (χ3n) is 1.47. The molecule has 0 saturated carbocycles. The van der Waals surface area contributed by atoms with E-state index in [1.54, 1.807) is 4.57 Å². The van der Waals surface area contributed by atoms with Crippen molar-refractivity contribution in [1.82, 2.24) is 0 Å². The van der Waals surface area contributed by atoms with Crippen molar-refractivity contribution < 1.29 is 14.1 Å². The number of esters is 1. The summed E-state index contributed by atoms with van der Waals surface area (Å²) < 4.78 is 6.59. The average Bonchev–Trinajstić information content (AvgIpc) is 2.03. The molecule has 1 rings (SSSR count). The Morgan fingerprint density at radius 2 is 2.08 bits per heavy atom. The highest BCUT2D eigenvalue weighted by atomic mass is 16.5. The molecule has 0 aromatic carbocycles.